The Morgan fingerprint density at radius 3 is 3.19 bits per heavy atom. The van der Waals surface area contributed by atoms with Gasteiger partial charge in [0.05, 0.1) is 18.5 Å². The van der Waals surface area contributed by atoms with Gasteiger partial charge in [0.1, 0.15) is 10.1 Å². The minimum absolute atomic E-state index is 0.693. The lowest BCUT2D eigenvalue weighted by molar-refractivity contribution is 0.199. The van der Waals surface area contributed by atoms with Crippen molar-refractivity contribution in [2.24, 2.45) is 0 Å². The number of nitrogens with zero attached hydrogens (tertiary/aromatic N) is 4. The molecule has 0 saturated heterocycles. The van der Waals surface area contributed by atoms with E-state index < -0.39 is 0 Å². The van der Waals surface area contributed by atoms with Crippen molar-refractivity contribution in [3.63, 3.8) is 0 Å². The molecule has 0 aliphatic rings. The van der Waals surface area contributed by atoms with Gasteiger partial charge in [0.2, 0.25) is 0 Å². The molecule has 3 aromatic rings. The maximum atomic E-state index is 5.05. The minimum Gasteiger partial charge on any atom is -0.383 e. The van der Waals surface area contributed by atoms with Crippen LogP contribution in [0.25, 0.3) is 4.96 Å². The number of fused-ring (bicyclic) bond motifs is 1. The molecule has 0 amide bonds. The highest BCUT2D eigenvalue weighted by Gasteiger charge is 2.14. The van der Waals surface area contributed by atoms with Crippen molar-refractivity contribution in [1.82, 2.24) is 24.7 Å². The number of methoxy groups -OCH3 is 1. The van der Waals surface area contributed by atoms with Gasteiger partial charge in [-0.3, -0.25) is 9.38 Å². The molecule has 0 aromatic carbocycles. The number of ether oxygens (including phenoxy) is 1. The van der Waals surface area contributed by atoms with Crippen LogP contribution in [0.1, 0.15) is 5.69 Å². The molecule has 0 spiro atoms. The molecule has 3 heterocycles. The van der Waals surface area contributed by atoms with E-state index in [9.17, 15) is 0 Å². The monoisotopic (exact) mass is 321 g/mol. The third-order valence-electron chi connectivity index (χ3n) is 2.84. The molecular weight excluding hydrogens is 306 g/mol. The van der Waals surface area contributed by atoms with E-state index in [0.29, 0.717) is 6.61 Å². The molecule has 21 heavy (non-hydrogen) atoms. The average molecular weight is 321 g/mol. The van der Waals surface area contributed by atoms with Gasteiger partial charge in [0, 0.05) is 44.2 Å². The standard InChI is InChI=1S/C13H15N5OS2/c1-19-6-4-15-8-10-12(17-13-18(10)5-7-20-13)21-11-9-14-2-3-16-11/h2-3,5,7,9,15H,4,6,8H2,1H3. The van der Waals surface area contributed by atoms with Crippen molar-refractivity contribution in [1.29, 1.82) is 0 Å². The zero-order chi connectivity index (χ0) is 14.5. The molecule has 110 valence electrons. The largest absolute Gasteiger partial charge is 0.383 e. The molecule has 6 nitrogen and oxygen atoms in total. The fourth-order valence-electron chi connectivity index (χ4n) is 1.87. The van der Waals surface area contributed by atoms with E-state index in [0.717, 1.165) is 33.8 Å². The molecule has 0 saturated carbocycles. The Balaban J connectivity index is 1.81. The Hall–Kier alpha value is -1.48. The molecule has 0 unspecified atom stereocenters. The van der Waals surface area contributed by atoms with Gasteiger partial charge in [-0.2, -0.15) is 0 Å². The zero-order valence-corrected chi connectivity index (χ0v) is 13.2. The molecule has 1 N–H and O–H groups in total. The number of hydrogen-bond acceptors (Lipinski definition) is 7. The maximum Gasteiger partial charge on any atom is 0.194 e. The summed E-state index contributed by atoms with van der Waals surface area (Å²) in [4.78, 5) is 14.0. The third-order valence-corrected chi connectivity index (χ3v) is 4.54. The van der Waals surface area contributed by atoms with Gasteiger partial charge in [-0.15, -0.1) is 11.3 Å². The second-order valence-electron chi connectivity index (χ2n) is 4.23. The van der Waals surface area contributed by atoms with Crippen molar-refractivity contribution in [2.45, 2.75) is 16.6 Å². The van der Waals surface area contributed by atoms with Gasteiger partial charge >= 0.3 is 0 Å². The topological polar surface area (TPSA) is 64.3 Å². The highest BCUT2D eigenvalue weighted by atomic mass is 32.2. The molecule has 0 atom stereocenters. The highest BCUT2D eigenvalue weighted by molar-refractivity contribution is 7.99. The van der Waals surface area contributed by atoms with E-state index >= 15 is 0 Å². The summed E-state index contributed by atoms with van der Waals surface area (Å²) in [5.41, 5.74) is 1.14. The summed E-state index contributed by atoms with van der Waals surface area (Å²) in [5, 5.41) is 7.22. The summed E-state index contributed by atoms with van der Waals surface area (Å²) in [5.74, 6) is 0. The van der Waals surface area contributed by atoms with E-state index in [4.69, 9.17) is 4.74 Å². The van der Waals surface area contributed by atoms with Gasteiger partial charge in [-0.1, -0.05) is 0 Å². The lowest BCUT2D eigenvalue weighted by Crippen LogP contribution is -2.19. The van der Waals surface area contributed by atoms with Crippen molar-refractivity contribution >= 4 is 28.1 Å². The number of thiazole rings is 1. The summed E-state index contributed by atoms with van der Waals surface area (Å²) in [6.45, 7) is 2.24. The van der Waals surface area contributed by atoms with Crippen LogP contribution in [0.5, 0.6) is 0 Å². The Labute approximate surface area is 130 Å². The number of hydrogen-bond donors (Lipinski definition) is 1. The first kappa shape index (κ1) is 14.5. The Morgan fingerprint density at radius 1 is 1.43 bits per heavy atom. The molecule has 3 aromatic heterocycles. The molecule has 3 rings (SSSR count). The molecule has 8 heteroatoms. The quantitative estimate of drug-likeness (QED) is 0.672. The fourth-order valence-corrected chi connectivity index (χ4v) is 3.51. The highest BCUT2D eigenvalue weighted by Crippen LogP contribution is 2.30. The van der Waals surface area contributed by atoms with Crippen LogP contribution in [0.2, 0.25) is 0 Å². The van der Waals surface area contributed by atoms with Gasteiger partial charge in [-0.05, 0) is 11.8 Å². The van der Waals surface area contributed by atoms with Crippen molar-refractivity contribution in [3.8, 4) is 0 Å². The summed E-state index contributed by atoms with van der Waals surface area (Å²) in [7, 11) is 1.70. The predicted octanol–water partition coefficient (Wildman–Crippen LogP) is 2.07. The fraction of sp³-hybridized carbons (Fsp3) is 0.308. The van der Waals surface area contributed by atoms with Crippen LogP contribution in [-0.2, 0) is 11.3 Å². The smallest absolute Gasteiger partial charge is 0.194 e. The Bertz CT molecular complexity index is 697. The number of aromatic nitrogens is 4. The number of rotatable bonds is 7. The van der Waals surface area contributed by atoms with Gasteiger partial charge in [0.25, 0.3) is 0 Å². The minimum atomic E-state index is 0.693. The van der Waals surface area contributed by atoms with Crippen molar-refractivity contribution in [2.75, 3.05) is 20.3 Å². The van der Waals surface area contributed by atoms with E-state index in [1.54, 1.807) is 37.0 Å². The van der Waals surface area contributed by atoms with E-state index in [2.05, 4.69) is 24.7 Å². The maximum absolute atomic E-state index is 5.05. The van der Waals surface area contributed by atoms with Crippen LogP contribution in [0.3, 0.4) is 0 Å². The molecule has 0 bridgehead atoms. The first-order valence-electron chi connectivity index (χ1n) is 6.46. The summed E-state index contributed by atoms with van der Waals surface area (Å²) < 4.78 is 7.17. The van der Waals surface area contributed by atoms with Crippen LogP contribution in [0.4, 0.5) is 0 Å². The van der Waals surface area contributed by atoms with Crippen LogP contribution in [-0.4, -0.2) is 39.6 Å². The lowest BCUT2D eigenvalue weighted by atomic mass is 10.4. The first-order valence-corrected chi connectivity index (χ1v) is 8.16. The third kappa shape index (κ3) is 3.41. The second kappa shape index (κ2) is 6.99. The summed E-state index contributed by atoms with van der Waals surface area (Å²) in [6, 6.07) is 0. The van der Waals surface area contributed by atoms with Crippen molar-refractivity contribution < 1.29 is 4.74 Å². The zero-order valence-electron chi connectivity index (χ0n) is 11.5. The molecule has 0 aliphatic heterocycles. The van der Waals surface area contributed by atoms with Gasteiger partial charge in [-0.25, -0.2) is 9.97 Å². The van der Waals surface area contributed by atoms with Crippen LogP contribution < -0.4 is 5.32 Å². The van der Waals surface area contributed by atoms with Crippen LogP contribution >= 0.6 is 23.1 Å². The lowest BCUT2D eigenvalue weighted by Gasteiger charge is -2.05. The second-order valence-corrected chi connectivity index (χ2v) is 6.12. The molecule has 0 radical (unpaired) electrons. The number of nitrogens with one attached hydrogen (secondary N) is 1. The van der Waals surface area contributed by atoms with E-state index in [1.165, 1.54) is 11.8 Å². The number of imidazole rings is 1. The molecule has 0 fully saturated rings. The van der Waals surface area contributed by atoms with E-state index in [1.807, 2.05) is 11.6 Å². The SMILES string of the molecule is COCCNCc1c(Sc2cnccn2)nc2sccn12. The Kier molecular flexibility index (Phi) is 4.81. The first-order chi connectivity index (χ1) is 10.4. The van der Waals surface area contributed by atoms with Crippen molar-refractivity contribution in [3.05, 3.63) is 35.9 Å². The Morgan fingerprint density at radius 2 is 2.38 bits per heavy atom. The predicted molar refractivity (Wildman–Crippen MR) is 82.8 cm³/mol. The molecule has 0 aliphatic carbocycles. The van der Waals surface area contributed by atoms with Gasteiger partial charge in [0.15, 0.2) is 4.96 Å². The summed E-state index contributed by atoms with van der Waals surface area (Å²) in [6.07, 6.45) is 7.15. The normalized spacial score (nSPS) is 11.3. The van der Waals surface area contributed by atoms with Crippen LogP contribution in [0, 0.1) is 0 Å². The van der Waals surface area contributed by atoms with Crippen LogP contribution in [0.15, 0.2) is 40.2 Å². The van der Waals surface area contributed by atoms with E-state index in [-0.39, 0.29) is 0 Å². The summed E-state index contributed by atoms with van der Waals surface area (Å²) >= 11 is 3.16. The van der Waals surface area contributed by atoms with Gasteiger partial charge < -0.3 is 10.1 Å². The molecular formula is C13H15N5OS2. The average Bonchev–Trinajstić information content (AvgIpc) is 3.07.